The van der Waals surface area contributed by atoms with Crippen molar-refractivity contribution in [3.63, 3.8) is 0 Å². The monoisotopic (exact) mass is 213 g/mol. The van der Waals surface area contributed by atoms with E-state index in [1.807, 2.05) is 0 Å². The zero-order chi connectivity index (χ0) is 11.7. The highest BCUT2D eigenvalue weighted by atomic mass is 14.9. The van der Waals surface area contributed by atoms with Gasteiger partial charge in [-0.2, -0.15) is 0 Å². The molecule has 0 bridgehead atoms. The maximum Gasteiger partial charge on any atom is 0.000770 e. The van der Waals surface area contributed by atoms with Gasteiger partial charge in [-0.05, 0) is 43.6 Å². The second kappa shape index (κ2) is 8.15. The topological polar surface area (TPSA) is 12.0 Å². The molecule has 92 valence electrons. The van der Waals surface area contributed by atoms with Crippen LogP contribution in [0.5, 0.6) is 0 Å². The van der Waals surface area contributed by atoms with E-state index in [-0.39, 0.29) is 0 Å². The van der Waals surface area contributed by atoms with Crippen LogP contribution in [-0.4, -0.2) is 13.1 Å². The van der Waals surface area contributed by atoms with E-state index in [1.165, 1.54) is 45.2 Å². The van der Waals surface area contributed by atoms with Gasteiger partial charge in [-0.3, -0.25) is 0 Å². The summed E-state index contributed by atoms with van der Waals surface area (Å²) in [6.07, 6.45) is 6.56. The molecular formula is C14H31N. The van der Waals surface area contributed by atoms with Crippen molar-refractivity contribution in [2.24, 2.45) is 11.3 Å². The lowest BCUT2D eigenvalue weighted by Crippen LogP contribution is -2.35. The molecule has 0 aliphatic carbocycles. The third-order valence-electron chi connectivity index (χ3n) is 3.91. The van der Waals surface area contributed by atoms with E-state index in [0.717, 1.165) is 5.92 Å². The van der Waals surface area contributed by atoms with Gasteiger partial charge in [-0.15, -0.1) is 0 Å². The van der Waals surface area contributed by atoms with Gasteiger partial charge in [0, 0.05) is 6.54 Å². The summed E-state index contributed by atoms with van der Waals surface area (Å²) in [6.45, 7) is 14.0. The van der Waals surface area contributed by atoms with Crippen molar-refractivity contribution in [2.45, 2.75) is 66.7 Å². The fourth-order valence-electron chi connectivity index (χ4n) is 2.27. The lowest BCUT2D eigenvalue weighted by atomic mass is 9.74. The van der Waals surface area contributed by atoms with Gasteiger partial charge in [-0.25, -0.2) is 0 Å². The minimum Gasteiger partial charge on any atom is -0.316 e. The molecule has 0 aliphatic heterocycles. The molecule has 0 saturated carbocycles. The summed E-state index contributed by atoms with van der Waals surface area (Å²) in [5.41, 5.74) is 0.546. The minimum atomic E-state index is 0.546. The molecule has 1 unspecified atom stereocenters. The van der Waals surface area contributed by atoms with Crippen LogP contribution in [-0.2, 0) is 0 Å². The third-order valence-corrected chi connectivity index (χ3v) is 3.91. The number of hydrogen-bond acceptors (Lipinski definition) is 1. The molecular weight excluding hydrogens is 182 g/mol. The molecule has 15 heavy (non-hydrogen) atoms. The molecule has 1 atom stereocenters. The van der Waals surface area contributed by atoms with Crippen molar-refractivity contribution >= 4 is 0 Å². The van der Waals surface area contributed by atoms with Crippen LogP contribution in [0.25, 0.3) is 0 Å². The van der Waals surface area contributed by atoms with Crippen molar-refractivity contribution in [3.8, 4) is 0 Å². The highest BCUT2D eigenvalue weighted by molar-refractivity contribution is 4.80. The van der Waals surface area contributed by atoms with E-state index in [9.17, 15) is 0 Å². The molecule has 0 radical (unpaired) electrons. The van der Waals surface area contributed by atoms with E-state index in [0.29, 0.717) is 5.41 Å². The van der Waals surface area contributed by atoms with Crippen LogP contribution < -0.4 is 5.32 Å². The molecule has 0 amide bonds. The quantitative estimate of drug-likeness (QED) is 0.565. The number of rotatable bonds is 9. The summed E-state index contributed by atoms with van der Waals surface area (Å²) in [6, 6.07) is 0. The number of hydrogen-bond donors (Lipinski definition) is 1. The smallest absolute Gasteiger partial charge is 0.000770 e. The molecule has 0 aromatic heterocycles. The summed E-state index contributed by atoms with van der Waals surface area (Å²) >= 11 is 0. The van der Waals surface area contributed by atoms with Crippen LogP contribution in [0.4, 0.5) is 0 Å². The first kappa shape index (κ1) is 15.0. The van der Waals surface area contributed by atoms with E-state index >= 15 is 0 Å². The van der Waals surface area contributed by atoms with E-state index < -0.39 is 0 Å². The second-order valence-corrected chi connectivity index (χ2v) is 5.10. The maximum absolute atomic E-state index is 3.61. The van der Waals surface area contributed by atoms with Crippen molar-refractivity contribution in [2.75, 3.05) is 13.1 Å². The van der Waals surface area contributed by atoms with Gasteiger partial charge in [0.2, 0.25) is 0 Å². The molecule has 0 saturated heterocycles. The number of nitrogens with one attached hydrogen (secondary N) is 1. The lowest BCUT2D eigenvalue weighted by Gasteiger charge is -2.34. The summed E-state index contributed by atoms with van der Waals surface area (Å²) in [5, 5.41) is 3.61. The largest absolute Gasteiger partial charge is 0.316 e. The Hall–Kier alpha value is -0.0400. The van der Waals surface area contributed by atoms with Gasteiger partial charge < -0.3 is 5.32 Å². The zero-order valence-electron chi connectivity index (χ0n) is 11.5. The fourth-order valence-corrected chi connectivity index (χ4v) is 2.27. The normalized spacial score (nSPS) is 14.2. The molecule has 0 aromatic rings. The Morgan fingerprint density at radius 3 is 2.07 bits per heavy atom. The molecule has 0 aliphatic rings. The second-order valence-electron chi connectivity index (χ2n) is 5.10. The van der Waals surface area contributed by atoms with Gasteiger partial charge in [0.1, 0.15) is 0 Å². The van der Waals surface area contributed by atoms with Crippen LogP contribution in [0, 0.1) is 11.3 Å². The highest BCUT2D eigenvalue weighted by Gasteiger charge is 2.27. The Bertz CT molecular complexity index is 138. The summed E-state index contributed by atoms with van der Waals surface area (Å²) in [5.74, 6) is 0.869. The Morgan fingerprint density at radius 2 is 1.67 bits per heavy atom. The molecule has 0 aromatic carbocycles. The Morgan fingerprint density at radius 1 is 1.07 bits per heavy atom. The van der Waals surface area contributed by atoms with E-state index in [2.05, 4.69) is 39.9 Å². The molecule has 1 nitrogen and oxygen atoms in total. The van der Waals surface area contributed by atoms with Crippen LogP contribution in [0.3, 0.4) is 0 Å². The van der Waals surface area contributed by atoms with Gasteiger partial charge in [-0.1, -0.05) is 41.0 Å². The molecule has 0 fully saturated rings. The Kier molecular flexibility index (Phi) is 8.13. The standard InChI is InChI=1S/C14H31N/c1-6-10-15-12-14(8-3,9-4)11-13(5)7-2/h13,15H,6-12H2,1-5H3. The SMILES string of the molecule is CCCNCC(CC)(CC)CC(C)CC. The average Bonchev–Trinajstić information content (AvgIpc) is 2.27. The molecule has 0 spiro atoms. The first-order valence-electron chi connectivity index (χ1n) is 6.84. The molecule has 1 heteroatoms. The van der Waals surface area contributed by atoms with Crippen LogP contribution >= 0.6 is 0 Å². The van der Waals surface area contributed by atoms with Gasteiger partial charge in [0.15, 0.2) is 0 Å². The first-order chi connectivity index (χ1) is 7.14. The Balaban J connectivity index is 4.16. The van der Waals surface area contributed by atoms with Gasteiger partial charge >= 0.3 is 0 Å². The van der Waals surface area contributed by atoms with Crippen molar-refractivity contribution < 1.29 is 0 Å². The first-order valence-corrected chi connectivity index (χ1v) is 6.84. The summed E-state index contributed by atoms with van der Waals surface area (Å²) in [4.78, 5) is 0. The molecule has 1 N–H and O–H groups in total. The lowest BCUT2D eigenvalue weighted by molar-refractivity contribution is 0.191. The summed E-state index contributed by atoms with van der Waals surface area (Å²) in [7, 11) is 0. The predicted octanol–water partition coefficient (Wildman–Crippen LogP) is 4.23. The third kappa shape index (κ3) is 5.55. The molecule has 0 rings (SSSR count). The van der Waals surface area contributed by atoms with Crippen molar-refractivity contribution in [1.82, 2.24) is 5.32 Å². The van der Waals surface area contributed by atoms with E-state index in [4.69, 9.17) is 0 Å². The average molecular weight is 213 g/mol. The Labute approximate surface area is 97.0 Å². The highest BCUT2D eigenvalue weighted by Crippen LogP contribution is 2.34. The zero-order valence-corrected chi connectivity index (χ0v) is 11.5. The minimum absolute atomic E-state index is 0.546. The van der Waals surface area contributed by atoms with Crippen molar-refractivity contribution in [3.05, 3.63) is 0 Å². The molecule has 0 heterocycles. The summed E-state index contributed by atoms with van der Waals surface area (Å²) < 4.78 is 0. The van der Waals surface area contributed by atoms with Crippen LogP contribution in [0.15, 0.2) is 0 Å². The van der Waals surface area contributed by atoms with Gasteiger partial charge in [0.25, 0.3) is 0 Å². The van der Waals surface area contributed by atoms with Crippen LogP contribution in [0.1, 0.15) is 66.7 Å². The van der Waals surface area contributed by atoms with E-state index in [1.54, 1.807) is 0 Å². The maximum atomic E-state index is 3.61. The predicted molar refractivity (Wildman–Crippen MR) is 70.2 cm³/mol. The fraction of sp³-hybridized carbons (Fsp3) is 1.00. The van der Waals surface area contributed by atoms with Crippen molar-refractivity contribution in [1.29, 1.82) is 0 Å². The van der Waals surface area contributed by atoms with Crippen LogP contribution in [0.2, 0.25) is 0 Å². The van der Waals surface area contributed by atoms with Gasteiger partial charge in [0.05, 0.1) is 0 Å².